The van der Waals surface area contributed by atoms with Crippen LogP contribution in [0.25, 0.3) is 0 Å². The summed E-state index contributed by atoms with van der Waals surface area (Å²) in [4.78, 5) is 25.4. The summed E-state index contributed by atoms with van der Waals surface area (Å²) in [6.07, 6.45) is -4.66. The van der Waals surface area contributed by atoms with Gasteiger partial charge in [0, 0.05) is 19.6 Å². The molecule has 0 atom stereocenters. The Morgan fingerprint density at radius 1 is 1.12 bits per heavy atom. The van der Waals surface area contributed by atoms with E-state index < -0.39 is 23.3 Å². The standard InChI is InChI=1S/C16H14F3N3O2.ClH/c17-16(18,19)13-4-3-12(15(24)22-13)14(23)21-6-9-1-2-10-7-20-8-11(10)5-9;/h1-5,20H,6-8H2,(H,21,23)(H,22,24);1H. The highest BCUT2D eigenvalue weighted by Gasteiger charge is 2.32. The van der Waals surface area contributed by atoms with E-state index in [1.165, 1.54) is 5.56 Å². The van der Waals surface area contributed by atoms with Crippen LogP contribution in [0, 0.1) is 0 Å². The van der Waals surface area contributed by atoms with Gasteiger partial charge in [0.15, 0.2) is 0 Å². The minimum Gasteiger partial charge on any atom is -0.348 e. The van der Waals surface area contributed by atoms with Crippen LogP contribution in [0.4, 0.5) is 13.2 Å². The van der Waals surface area contributed by atoms with Gasteiger partial charge in [0.2, 0.25) is 0 Å². The van der Waals surface area contributed by atoms with Gasteiger partial charge in [0.1, 0.15) is 11.3 Å². The fourth-order valence-corrected chi connectivity index (χ4v) is 2.55. The van der Waals surface area contributed by atoms with E-state index in [4.69, 9.17) is 0 Å². The number of H-pyrrole nitrogens is 1. The molecule has 3 N–H and O–H groups in total. The van der Waals surface area contributed by atoms with Gasteiger partial charge in [-0.1, -0.05) is 18.2 Å². The lowest BCUT2D eigenvalue weighted by Crippen LogP contribution is -2.30. The molecule has 0 bridgehead atoms. The van der Waals surface area contributed by atoms with Crippen molar-refractivity contribution in [1.82, 2.24) is 15.6 Å². The lowest BCUT2D eigenvalue weighted by atomic mass is 10.1. The van der Waals surface area contributed by atoms with Crippen molar-refractivity contribution in [2.75, 3.05) is 0 Å². The van der Waals surface area contributed by atoms with Gasteiger partial charge >= 0.3 is 6.18 Å². The van der Waals surface area contributed by atoms with Crippen molar-refractivity contribution in [3.63, 3.8) is 0 Å². The van der Waals surface area contributed by atoms with E-state index in [1.54, 1.807) is 4.98 Å². The minimum absolute atomic E-state index is 0. The zero-order chi connectivity index (χ0) is 17.3. The molecule has 0 fully saturated rings. The zero-order valence-corrected chi connectivity index (χ0v) is 13.7. The normalized spacial score (nSPS) is 13.1. The first-order valence-electron chi connectivity index (χ1n) is 7.25. The number of aromatic nitrogens is 1. The monoisotopic (exact) mass is 373 g/mol. The van der Waals surface area contributed by atoms with E-state index in [-0.39, 0.29) is 24.5 Å². The summed E-state index contributed by atoms with van der Waals surface area (Å²) in [6.45, 7) is 1.76. The Labute approximate surface area is 147 Å². The summed E-state index contributed by atoms with van der Waals surface area (Å²) < 4.78 is 37.5. The number of carbonyl (C=O) groups excluding carboxylic acids is 1. The van der Waals surface area contributed by atoms with Gasteiger partial charge in [0.25, 0.3) is 11.5 Å². The fraction of sp³-hybridized carbons (Fsp3) is 0.250. The molecule has 2 heterocycles. The Kier molecular flexibility index (Phi) is 5.54. The van der Waals surface area contributed by atoms with Crippen molar-refractivity contribution in [2.24, 2.45) is 0 Å². The quantitative estimate of drug-likeness (QED) is 0.773. The molecule has 2 aromatic rings. The Hall–Kier alpha value is -2.32. The van der Waals surface area contributed by atoms with Gasteiger partial charge in [-0.15, -0.1) is 12.4 Å². The molecule has 1 aromatic carbocycles. The number of alkyl halides is 3. The molecule has 0 spiro atoms. The van der Waals surface area contributed by atoms with Gasteiger partial charge in [0.05, 0.1) is 0 Å². The van der Waals surface area contributed by atoms with Crippen LogP contribution in [0.1, 0.15) is 32.7 Å². The van der Waals surface area contributed by atoms with E-state index in [2.05, 4.69) is 10.6 Å². The number of hydrogen-bond donors (Lipinski definition) is 3. The lowest BCUT2D eigenvalue weighted by Gasteiger charge is -2.09. The number of carbonyl (C=O) groups is 1. The number of hydrogen-bond acceptors (Lipinski definition) is 3. The number of nitrogens with one attached hydrogen (secondary N) is 3. The number of aromatic amines is 1. The third-order valence-corrected chi connectivity index (χ3v) is 3.81. The average molecular weight is 374 g/mol. The molecule has 134 valence electrons. The maximum atomic E-state index is 12.5. The van der Waals surface area contributed by atoms with Crippen molar-refractivity contribution in [2.45, 2.75) is 25.8 Å². The summed E-state index contributed by atoms with van der Waals surface area (Å²) in [5.74, 6) is -0.719. The number of amides is 1. The summed E-state index contributed by atoms with van der Waals surface area (Å²) in [7, 11) is 0. The summed E-state index contributed by atoms with van der Waals surface area (Å²) in [6, 6.07) is 7.33. The van der Waals surface area contributed by atoms with Crippen LogP contribution >= 0.6 is 12.4 Å². The van der Waals surface area contributed by atoms with E-state index in [0.29, 0.717) is 6.07 Å². The van der Waals surface area contributed by atoms with Gasteiger partial charge < -0.3 is 15.6 Å². The molecular weight excluding hydrogens is 359 g/mol. The molecule has 0 saturated heterocycles. The van der Waals surface area contributed by atoms with Crippen molar-refractivity contribution in [3.05, 3.63) is 68.6 Å². The van der Waals surface area contributed by atoms with Gasteiger partial charge in [-0.3, -0.25) is 9.59 Å². The first-order valence-corrected chi connectivity index (χ1v) is 7.25. The second-order valence-corrected chi connectivity index (χ2v) is 5.50. The molecule has 9 heteroatoms. The number of fused-ring (bicyclic) bond motifs is 1. The third kappa shape index (κ3) is 4.21. The Morgan fingerprint density at radius 2 is 1.84 bits per heavy atom. The van der Waals surface area contributed by atoms with Gasteiger partial charge in [-0.05, 0) is 28.8 Å². The molecule has 0 saturated carbocycles. The maximum Gasteiger partial charge on any atom is 0.431 e. The molecule has 1 aromatic heterocycles. The van der Waals surface area contributed by atoms with Crippen LogP contribution in [0.5, 0.6) is 0 Å². The number of rotatable bonds is 3. The average Bonchev–Trinajstić information content (AvgIpc) is 2.99. The zero-order valence-electron chi connectivity index (χ0n) is 12.9. The number of benzene rings is 1. The molecule has 1 aliphatic rings. The predicted molar refractivity (Wildman–Crippen MR) is 87.5 cm³/mol. The second-order valence-electron chi connectivity index (χ2n) is 5.50. The van der Waals surface area contributed by atoms with Crippen LogP contribution in [0.15, 0.2) is 35.1 Å². The molecule has 0 aliphatic carbocycles. The predicted octanol–water partition coefficient (Wildman–Crippen LogP) is 2.35. The van der Waals surface area contributed by atoms with Crippen LogP contribution in [-0.4, -0.2) is 10.9 Å². The van der Waals surface area contributed by atoms with E-state index in [1.807, 2.05) is 18.2 Å². The highest BCUT2D eigenvalue weighted by Crippen LogP contribution is 2.26. The van der Waals surface area contributed by atoms with E-state index in [0.717, 1.165) is 30.3 Å². The highest BCUT2D eigenvalue weighted by molar-refractivity contribution is 5.93. The lowest BCUT2D eigenvalue weighted by molar-refractivity contribution is -0.141. The maximum absolute atomic E-state index is 12.5. The minimum atomic E-state index is -4.66. The van der Waals surface area contributed by atoms with E-state index in [9.17, 15) is 22.8 Å². The molecule has 3 rings (SSSR count). The van der Waals surface area contributed by atoms with Crippen LogP contribution < -0.4 is 16.2 Å². The van der Waals surface area contributed by atoms with Crippen molar-refractivity contribution in [3.8, 4) is 0 Å². The Bertz CT molecular complexity index is 849. The van der Waals surface area contributed by atoms with Gasteiger partial charge in [-0.2, -0.15) is 13.2 Å². The third-order valence-electron chi connectivity index (χ3n) is 3.81. The SMILES string of the molecule is Cl.O=C(NCc1ccc2c(c1)CNC2)c1ccc(C(F)(F)F)[nH]c1=O. The molecule has 1 aliphatic heterocycles. The molecule has 0 unspecified atom stereocenters. The topological polar surface area (TPSA) is 74.0 Å². The smallest absolute Gasteiger partial charge is 0.348 e. The molecular formula is C16H15ClF3N3O2. The first-order chi connectivity index (χ1) is 11.3. The first kappa shape index (κ1) is 19.0. The van der Waals surface area contributed by atoms with E-state index >= 15 is 0 Å². The van der Waals surface area contributed by atoms with Crippen molar-refractivity contribution < 1.29 is 18.0 Å². The Balaban J connectivity index is 0.00000225. The number of pyridine rings is 1. The second kappa shape index (κ2) is 7.28. The molecule has 0 radical (unpaired) electrons. The van der Waals surface area contributed by atoms with Crippen LogP contribution in [-0.2, 0) is 25.8 Å². The fourth-order valence-electron chi connectivity index (χ4n) is 2.55. The largest absolute Gasteiger partial charge is 0.431 e. The highest BCUT2D eigenvalue weighted by atomic mass is 35.5. The summed E-state index contributed by atoms with van der Waals surface area (Å²) in [5.41, 5.74) is 0.592. The van der Waals surface area contributed by atoms with Crippen LogP contribution in [0.3, 0.4) is 0 Å². The van der Waals surface area contributed by atoms with Crippen molar-refractivity contribution in [1.29, 1.82) is 0 Å². The number of halogens is 4. The Morgan fingerprint density at radius 3 is 2.52 bits per heavy atom. The van der Waals surface area contributed by atoms with Crippen molar-refractivity contribution >= 4 is 18.3 Å². The summed E-state index contributed by atoms with van der Waals surface area (Å²) in [5, 5.41) is 5.75. The molecule has 5 nitrogen and oxygen atoms in total. The van der Waals surface area contributed by atoms with Gasteiger partial charge in [-0.25, -0.2) is 0 Å². The summed E-state index contributed by atoms with van der Waals surface area (Å²) >= 11 is 0. The molecule has 25 heavy (non-hydrogen) atoms. The molecule has 1 amide bonds. The van der Waals surface area contributed by atoms with Crippen LogP contribution in [0.2, 0.25) is 0 Å².